The van der Waals surface area contributed by atoms with Crippen LogP contribution in [0.3, 0.4) is 0 Å². The zero-order valence-electron chi connectivity index (χ0n) is 21.1. The lowest BCUT2D eigenvalue weighted by molar-refractivity contribution is -0.114. The fraction of sp³-hybridized carbons (Fsp3) is 0.172. The highest BCUT2D eigenvalue weighted by molar-refractivity contribution is 8.27. The molecule has 9 heteroatoms. The number of aryl methyl sites for hydroxylation is 3. The molecule has 0 bridgehead atoms. The molecule has 0 fully saturated rings. The Morgan fingerprint density at radius 1 is 0.974 bits per heavy atom. The number of carbonyl (C=O) groups excluding carboxylic acids is 1. The number of aliphatic imine (C=N–C) groups is 1. The van der Waals surface area contributed by atoms with E-state index in [9.17, 15) is 4.79 Å². The fourth-order valence-corrected chi connectivity index (χ4v) is 4.95. The summed E-state index contributed by atoms with van der Waals surface area (Å²) < 4.78 is 11.5. The van der Waals surface area contributed by atoms with Gasteiger partial charge in [-0.2, -0.15) is 15.1 Å². The predicted octanol–water partition coefficient (Wildman–Crippen LogP) is 6.39. The number of nitrogens with one attached hydrogen (secondary N) is 1. The number of hydrogen-bond donors (Lipinski definition) is 1. The normalized spacial score (nSPS) is 15.9. The summed E-state index contributed by atoms with van der Waals surface area (Å²) in [6, 6.07) is 19.1. The molecule has 7 nitrogen and oxygen atoms in total. The molecule has 2 aliphatic rings. The van der Waals surface area contributed by atoms with Crippen LogP contribution in [0.25, 0.3) is 6.08 Å². The van der Waals surface area contributed by atoms with Crippen molar-refractivity contribution in [2.75, 3.05) is 13.2 Å². The third kappa shape index (κ3) is 5.51. The number of ether oxygens (including phenoxy) is 2. The van der Waals surface area contributed by atoms with Crippen molar-refractivity contribution in [2.45, 2.75) is 20.8 Å². The largest absolute Gasteiger partial charge is 0.490 e. The third-order valence-corrected chi connectivity index (χ3v) is 7.36. The number of amides is 1. The molecule has 0 radical (unpaired) electrons. The maximum absolute atomic E-state index is 12.8. The molecule has 0 spiro atoms. The number of halogens is 1. The number of fused-ring (bicyclic) bond motifs is 1. The number of amidine groups is 2. The Bertz CT molecular complexity index is 1530. The van der Waals surface area contributed by atoms with Crippen LogP contribution in [0.1, 0.15) is 27.8 Å². The molecule has 2 heterocycles. The maximum atomic E-state index is 12.8. The van der Waals surface area contributed by atoms with E-state index in [1.54, 1.807) is 24.3 Å². The molecule has 38 heavy (non-hydrogen) atoms. The molecule has 1 amide bonds. The first-order valence-corrected chi connectivity index (χ1v) is 13.2. The number of hydrazone groups is 1. The molecule has 0 aliphatic carbocycles. The average Bonchev–Trinajstić information content (AvgIpc) is 3.32. The SMILES string of the molecule is Cc1ccc(C2=NN3C(=N)C(=Cc4ccc(OCCOc5ccc(C)c(C)c5)c(Cl)c4)C(=O)N=C3S2)cc1. The number of benzene rings is 3. The second-order valence-corrected chi connectivity index (χ2v) is 10.3. The maximum Gasteiger partial charge on any atom is 0.283 e. The predicted molar refractivity (Wildman–Crippen MR) is 154 cm³/mol. The summed E-state index contributed by atoms with van der Waals surface area (Å²) in [4.78, 5) is 16.9. The molecule has 3 aromatic carbocycles. The van der Waals surface area contributed by atoms with E-state index in [4.69, 9.17) is 26.5 Å². The second-order valence-electron chi connectivity index (χ2n) is 8.92. The fourth-order valence-electron chi connectivity index (χ4n) is 3.81. The van der Waals surface area contributed by atoms with Gasteiger partial charge in [-0.1, -0.05) is 53.6 Å². The molecule has 5 rings (SSSR count). The van der Waals surface area contributed by atoms with Crippen molar-refractivity contribution in [3.8, 4) is 11.5 Å². The van der Waals surface area contributed by atoms with Crippen LogP contribution >= 0.6 is 23.4 Å². The zero-order valence-corrected chi connectivity index (χ0v) is 22.7. The Morgan fingerprint density at radius 3 is 2.47 bits per heavy atom. The van der Waals surface area contributed by atoms with Crippen LogP contribution in [0.5, 0.6) is 11.5 Å². The van der Waals surface area contributed by atoms with Crippen LogP contribution in [-0.2, 0) is 4.79 Å². The van der Waals surface area contributed by atoms with E-state index in [0.29, 0.717) is 39.8 Å². The molecular weight excluding hydrogens is 520 g/mol. The number of nitrogens with zero attached hydrogens (tertiary/aromatic N) is 3. The highest BCUT2D eigenvalue weighted by Crippen LogP contribution is 2.32. The monoisotopic (exact) mass is 544 g/mol. The molecule has 192 valence electrons. The lowest BCUT2D eigenvalue weighted by Gasteiger charge is -2.20. The zero-order chi connectivity index (χ0) is 26.8. The average molecular weight is 545 g/mol. The van der Waals surface area contributed by atoms with Gasteiger partial charge >= 0.3 is 0 Å². The quantitative estimate of drug-likeness (QED) is 0.275. The Hall–Kier alpha value is -3.88. The lowest BCUT2D eigenvalue weighted by Crippen LogP contribution is -2.35. The summed E-state index contributed by atoms with van der Waals surface area (Å²) in [6.45, 7) is 6.81. The summed E-state index contributed by atoms with van der Waals surface area (Å²) in [7, 11) is 0. The molecule has 0 saturated heterocycles. The van der Waals surface area contributed by atoms with Crippen LogP contribution in [0.4, 0.5) is 0 Å². The van der Waals surface area contributed by atoms with Crippen LogP contribution in [0, 0.1) is 26.2 Å². The molecule has 2 aliphatic heterocycles. The summed E-state index contributed by atoms with van der Waals surface area (Å²) in [5.41, 5.74) is 5.22. The van der Waals surface area contributed by atoms with Crippen LogP contribution in [0.15, 0.2) is 76.3 Å². The van der Waals surface area contributed by atoms with Crippen molar-refractivity contribution in [1.82, 2.24) is 5.01 Å². The molecule has 3 aromatic rings. The van der Waals surface area contributed by atoms with Gasteiger partial charge in [-0.05, 0) is 79.6 Å². The van der Waals surface area contributed by atoms with Gasteiger partial charge in [0, 0.05) is 5.56 Å². The van der Waals surface area contributed by atoms with E-state index in [-0.39, 0.29) is 11.4 Å². The first-order valence-electron chi connectivity index (χ1n) is 12.0. The second kappa shape index (κ2) is 10.8. The van der Waals surface area contributed by atoms with Gasteiger partial charge in [0.25, 0.3) is 5.91 Å². The Morgan fingerprint density at radius 2 is 1.74 bits per heavy atom. The topological polar surface area (TPSA) is 87.3 Å². The van der Waals surface area contributed by atoms with Gasteiger partial charge in [0.15, 0.2) is 5.84 Å². The first kappa shape index (κ1) is 25.8. The summed E-state index contributed by atoms with van der Waals surface area (Å²) in [5, 5.41) is 16.0. The van der Waals surface area contributed by atoms with E-state index < -0.39 is 5.91 Å². The minimum atomic E-state index is -0.492. The highest BCUT2D eigenvalue weighted by Gasteiger charge is 2.36. The van der Waals surface area contributed by atoms with Crippen LogP contribution < -0.4 is 9.47 Å². The first-order chi connectivity index (χ1) is 18.3. The molecule has 0 aromatic heterocycles. The van der Waals surface area contributed by atoms with Gasteiger partial charge < -0.3 is 9.47 Å². The molecule has 0 saturated carbocycles. The highest BCUT2D eigenvalue weighted by atomic mass is 35.5. The van der Waals surface area contributed by atoms with E-state index in [2.05, 4.69) is 17.0 Å². The smallest absolute Gasteiger partial charge is 0.283 e. The van der Waals surface area contributed by atoms with E-state index in [0.717, 1.165) is 16.9 Å². The number of carbonyl (C=O) groups is 1. The minimum absolute atomic E-state index is 0.0328. The number of thioether (sulfide) groups is 1. The van der Waals surface area contributed by atoms with Crippen LogP contribution in [-0.4, -0.2) is 40.2 Å². The van der Waals surface area contributed by atoms with Crippen molar-refractivity contribution in [3.63, 3.8) is 0 Å². The van der Waals surface area contributed by atoms with Crippen molar-refractivity contribution >= 4 is 51.4 Å². The van der Waals surface area contributed by atoms with Gasteiger partial charge in [0.2, 0.25) is 5.17 Å². The third-order valence-electron chi connectivity index (χ3n) is 6.11. The Kier molecular flexibility index (Phi) is 7.35. The van der Waals surface area contributed by atoms with Crippen molar-refractivity contribution < 1.29 is 14.3 Å². The van der Waals surface area contributed by atoms with Gasteiger partial charge in [-0.3, -0.25) is 10.2 Å². The molecule has 0 unspecified atom stereocenters. The number of rotatable bonds is 7. The number of hydrogen-bond acceptors (Lipinski definition) is 6. The van der Waals surface area contributed by atoms with Crippen molar-refractivity contribution in [1.29, 1.82) is 5.41 Å². The van der Waals surface area contributed by atoms with Crippen LogP contribution in [0.2, 0.25) is 5.02 Å². The van der Waals surface area contributed by atoms with Crippen molar-refractivity contribution in [2.24, 2.45) is 10.1 Å². The lowest BCUT2D eigenvalue weighted by atomic mass is 10.1. The van der Waals surface area contributed by atoms with Gasteiger partial charge in [-0.25, -0.2) is 0 Å². The van der Waals surface area contributed by atoms with Crippen molar-refractivity contribution in [3.05, 3.63) is 99.1 Å². The van der Waals surface area contributed by atoms with E-state index >= 15 is 0 Å². The summed E-state index contributed by atoms with van der Waals surface area (Å²) in [6.07, 6.45) is 1.59. The summed E-state index contributed by atoms with van der Waals surface area (Å²) >= 11 is 7.72. The van der Waals surface area contributed by atoms with Gasteiger partial charge in [0.05, 0.1) is 10.6 Å². The molecule has 1 N–H and O–H groups in total. The Labute approximate surface area is 230 Å². The van der Waals surface area contributed by atoms with E-state index in [1.165, 1.54) is 27.9 Å². The van der Waals surface area contributed by atoms with Gasteiger partial charge in [0.1, 0.15) is 29.8 Å². The summed E-state index contributed by atoms with van der Waals surface area (Å²) in [5.74, 6) is 0.775. The standard InChI is InChI=1S/C29H25ClN4O3S/c1-17-4-8-21(9-5-17)28-33-34-26(31)23(27(35)32-29(34)38-28)15-20-7-11-25(24(30)16-20)37-13-12-36-22-10-6-18(2)19(3)14-22/h4-11,14-16,31H,12-13H2,1-3H3. The molecular formula is C29H25ClN4O3S. The van der Waals surface area contributed by atoms with E-state index in [1.807, 2.05) is 56.3 Å². The van der Waals surface area contributed by atoms with Gasteiger partial charge in [-0.15, -0.1) is 0 Å². The Balaban J connectivity index is 1.25. The minimum Gasteiger partial charge on any atom is -0.490 e. The molecule has 0 atom stereocenters.